The fourth-order valence-electron chi connectivity index (χ4n) is 1.60. The standard InChI is InChI=1S/C16H20ClNO2/c1-7-16(5,6)12-9-8-11(10-13(12)17)18-14(19)20-15(2,3)4/h1,8-10H,2-6H3,(H,18,19). The molecule has 0 unspecified atom stereocenters. The summed E-state index contributed by atoms with van der Waals surface area (Å²) in [4.78, 5) is 11.7. The van der Waals surface area contributed by atoms with E-state index in [4.69, 9.17) is 22.8 Å². The van der Waals surface area contributed by atoms with E-state index in [1.54, 1.807) is 32.9 Å². The van der Waals surface area contributed by atoms with Crippen molar-refractivity contribution in [1.82, 2.24) is 0 Å². The molecule has 1 aromatic carbocycles. The van der Waals surface area contributed by atoms with Crippen molar-refractivity contribution >= 4 is 23.4 Å². The predicted molar refractivity (Wildman–Crippen MR) is 83.2 cm³/mol. The first kappa shape index (κ1) is 16.4. The molecule has 1 aromatic rings. The van der Waals surface area contributed by atoms with Crippen LogP contribution in [0.3, 0.4) is 0 Å². The minimum Gasteiger partial charge on any atom is -0.444 e. The summed E-state index contributed by atoms with van der Waals surface area (Å²) in [5.74, 6) is 2.69. The Balaban J connectivity index is 2.90. The third-order valence-corrected chi connectivity index (χ3v) is 2.96. The van der Waals surface area contributed by atoms with E-state index in [-0.39, 0.29) is 0 Å². The van der Waals surface area contributed by atoms with Crippen LogP contribution in [-0.2, 0) is 10.2 Å². The highest BCUT2D eigenvalue weighted by atomic mass is 35.5. The van der Waals surface area contributed by atoms with Crippen molar-refractivity contribution in [2.75, 3.05) is 5.32 Å². The maximum atomic E-state index is 11.7. The van der Waals surface area contributed by atoms with Gasteiger partial charge in [0.15, 0.2) is 0 Å². The molecule has 20 heavy (non-hydrogen) atoms. The number of nitrogens with one attached hydrogen (secondary N) is 1. The molecule has 0 atom stereocenters. The van der Waals surface area contributed by atoms with Crippen molar-refractivity contribution in [2.24, 2.45) is 0 Å². The number of terminal acetylenes is 1. The molecule has 0 heterocycles. The van der Waals surface area contributed by atoms with Gasteiger partial charge in [-0.1, -0.05) is 23.6 Å². The number of halogens is 1. The van der Waals surface area contributed by atoms with Crippen LogP contribution in [0, 0.1) is 12.3 Å². The summed E-state index contributed by atoms with van der Waals surface area (Å²) in [5.41, 5.74) is 0.415. The maximum Gasteiger partial charge on any atom is 0.412 e. The van der Waals surface area contributed by atoms with E-state index >= 15 is 0 Å². The van der Waals surface area contributed by atoms with Crippen LogP contribution in [0.5, 0.6) is 0 Å². The zero-order chi connectivity index (χ0) is 15.6. The predicted octanol–water partition coefficient (Wildman–Crippen LogP) is 4.60. The summed E-state index contributed by atoms with van der Waals surface area (Å²) < 4.78 is 5.17. The number of hydrogen-bond donors (Lipinski definition) is 1. The highest BCUT2D eigenvalue weighted by molar-refractivity contribution is 6.31. The van der Waals surface area contributed by atoms with Crippen molar-refractivity contribution < 1.29 is 9.53 Å². The number of benzene rings is 1. The highest BCUT2D eigenvalue weighted by Crippen LogP contribution is 2.31. The maximum absolute atomic E-state index is 11.7. The first-order valence-electron chi connectivity index (χ1n) is 6.33. The molecule has 0 aliphatic rings. The molecule has 0 radical (unpaired) electrons. The van der Waals surface area contributed by atoms with Gasteiger partial charge in [-0.15, -0.1) is 6.42 Å². The summed E-state index contributed by atoms with van der Waals surface area (Å²) >= 11 is 6.22. The van der Waals surface area contributed by atoms with E-state index in [2.05, 4.69) is 11.2 Å². The van der Waals surface area contributed by atoms with Gasteiger partial charge in [0, 0.05) is 10.7 Å². The van der Waals surface area contributed by atoms with Crippen LogP contribution in [0.1, 0.15) is 40.2 Å². The lowest BCUT2D eigenvalue weighted by Crippen LogP contribution is -2.27. The minimum absolute atomic E-state index is 0.457. The molecule has 108 valence electrons. The number of hydrogen-bond acceptors (Lipinski definition) is 2. The van der Waals surface area contributed by atoms with Crippen LogP contribution in [-0.4, -0.2) is 11.7 Å². The average molecular weight is 294 g/mol. The molecule has 0 saturated heterocycles. The summed E-state index contributed by atoms with van der Waals surface area (Å²) in [7, 11) is 0. The smallest absolute Gasteiger partial charge is 0.412 e. The lowest BCUT2D eigenvalue weighted by atomic mass is 9.85. The van der Waals surface area contributed by atoms with Gasteiger partial charge in [0.05, 0.1) is 5.41 Å². The monoisotopic (exact) mass is 293 g/mol. The summed E-state index contributed by atoms with van der Waals surface area (Å²) in [5, 5.41) is 3.15. The largest absolute Gasteiger partial charge is 0.444 e. The van der Waals surface area contributed by atoms with E-state index in [1.807, 2.05) is 19.9 Å². The fourth-order valence-corrected chi connectivity index (χ4v) is 2.02. The van der Waals surface area contributed by atoms with Gasteiger partial charge >= 0.3 is 6.09 Å². The molecule has 0 bridgehead atoms. The first-order chi connectivity index (χ1) is 9.05. The Morgan fingerprint density at radius 3 is 2.35 bits per heavy atom. The third kappa shape index (κ3) is 4.47. The molecule has 0 saturated carbocycles. The molecule has 1 amide bonds. The average Bonchev–Trinajstić information content (AvgIpc) is 2.25. The Morgan fingerprint density at radius 2 is 1.90 bits per heavy atom. The summed E-state index contributed by atoms with van der Waals surface area (Å²) in [6.45, 7) is 9.23. The van der Waals surface area contributed by atoms with E-state index < -0.39 is 17.1 Å². The molecule has 0 aromatic heterocycles. The van der Waals surface area contributed by atoms with E-state index in [9.17, 15) is 4.79 Å². The van der Waals surface area contributed by atoms with Crippen LogP contribution in [0.2, 0.25) is 5.02 Å². The van der Waals surface area contributed by atoms with Gasteiger partial charge in [0.2, 0.25) is 0 Å². The minimum atomic E-state index is -0.542. The Hall–Kier alpha value is -1.66. The number of carbonyl (C=O) groups is 1. The molecule has 0 spiro atoms. The number of carbonyl (C=O) groups excluding carboxylic acids is 1. The van der Waals surface area contributed by atoms with Crippen molar-refractivity contribution in [3.63, 3.8) is 0 Å². The lowest BCUT2D eigenvalue weighted by molar-refractivity contribution is 0.0636. The van der Waals surface area contributed by atoms with Gasteiger partial charge in [0.1, 0.15) is 5.60 Å². The first-order valence-corrected chi connectivity index (χ1v) is 6.71. The quantitative estimate of drug-likeness (QED) is 0.809. The lowest BCUT2D eigenvalue weighted by Gasteiger charge is -2.21. The molecule has 0 aliphatic carbocycles. The zero-order valence-corrected chi connectivity index (χ0v) is 13.3. The second-order valence-corrected chi connectivity index (χ2v) is 6.50. The third-order valence-electron chi connectivity index (χ3n) is 2.65. The van der Waals surface area contributed by atoms with Crippen LogP contribution in [0.15, 0.2) is 18.2 Å². The number of amides is 1. The SMILES string of the molecule is C#CC(C)(C)c1ccc(NC(=O)OC(C)(C)C)cc1Cl. The van der Waals surface area contributed by atoms with Crippen molar-refractivity contribution in [3.05, 3.63) is 28.8 Å². The topological polar surface area (TPSA) is 38.3 Å². The normalized spacial score (nSPS) is 11.7. The van der Waals surface area contributed by atoms with Gasteiger partial charge in [-0.05, 0) is 52.3 Å². The molecule has 0 aliphatic heterocycles. The second kappa shape index (κ2) is 5.76. The van der Waals surface area contributed by atoms with E-state index in [1.165, 1.54) is 0 Å². The van der Waals surface area contributed by atoms with Crippen molar-refractivity contribution in [2.45, 2.75) is 45.6 Å². The van der Waals surface area contributed by atoms with Crippen LogP contribution < -0.4 is 5.32 Å². The van der Waals surface area contributed by atoms with Crippen molar-refractivity contribution in [3.8, 4) is 12.3 Å². The van der Waals surface area contributed by atoms with Crippen LogP contribution in [0.4, 0.5) is 10.5 Å². The Kier molecular flexibility index (Phi) is 4.73. The fraction of sp³-hybridized carbons (Fsp3) is 0.438. The number of rotatable bonds is 2. The van der Waals surface area contributed by atoms with Gasteiger partial charge in [-0.2, -0.15) is 0 Å². The van der Waals surface area contributed by atoms with Crippen LogP contribution >= 0.6 is 11.6 Å². The van der Waals surface area contributed by atoms with Gasteiger partial charge in [-0.25, -0.2) is 4.79 Å². The summed E-state index contributed by atoms with van der Waals surface area (Å²) in [6, 6.07) is 5.24. The molecular weight excluding hydrogens is 274 g/mol. The second-order valence-electron chi connectivity index (χ2n) is 6.09. The highest BCUT2D eigenvalue weighted by Gasteiger charge is 2.21. The van der Waals surface area contributed by atoms with Crippen molar-refractivity contribution in [1.29, 1.82) is 0 Å². The zero-order valence-electron chi connectivity index (χ0n) is 12.5. The van der Waals surface area contributed by atoms with Crippen LogP contribution in [0.25, 0.3) is 0 Å². The van der Waals surface area contributed by atoms with Gasteiger partial charge in [-0.3, -0.25) is 5.32 Å². The Bertz CT molecular complexity index is 551. The molecule has 3 nitrogen and oxygen atoms in total. The van der Waals surface area contributed by atoms with Gasteiger partial charge < -0.3 is 4.74 Å². The molecule has 1 rings (SSSR count). The number of ether oxygens (including phenoxy) is 1. The van der Waals surface area contributed by atoms with E-state index in [0.717, 1.165) is 5.56 Å². The molecule has 4 heteroatoms. The summed E-state index contributed by atoms with van der Waals surface area (Å²) in [6.07, 6.45) is 4.98. The van der Waals surface area contributed by atoms with E-state index in [0.29, 0.717) is 10.7 Å². The Labute approximate surface area is 125 Å². The molecule has 0 fully saturated rings. The van der Waals surface area contributed by atoms with Gasteiger partial charge in [0.25, 0.3) is 0 Å². The number of anilines is 1. The Morgan fingerprint density at radius 1 is 1.30 bits per heavy atom. The molecule has 1 N–H and O–H groups in total. The molecular formula is C16H20ClNO2.